The van der Waals surface area contributed by atoms with Crippen LogP contribution in [0.2, 0.25) is 0 Å². The molecule has 0 unspecified atom stereocenters. The van der Waals surface area contributed by atoms with Crippen LogP contribution in [-0.4, -0.2) is 117 Å². The van der Waals surface area contributed by atoms with Crippen LogP contribution in [0.5, 0.6) is 0 Å². The van der Waals surface area contributed by atoms with Crippen LogP contribution < -0.4 is 5.32 Å². The molecule has 19 heteroatoms. The summed E-state index contributed by atoms with van der Waals surface area (Å²) in [5.41, 5.74) is 9.55. The molecule has 342 valence electrons. The van der Waals surface area contributed by atoms with E-state index >= 15 is 0 Å². The third-order valence-corrected chi connectivity index (χ3v) is 10.1. The van der Waals surface area contributed by atoms with E-state index in [4.69, 9.17) is 42.6 Å². The SMILES string of the molecule is CCCCCCCCCCCCCCCCCC(=O)O[C@@H]1[C@@H](NC(C)=O)[C@H](OC)O[C@H](COC(C)=O)[C@H]1O[C@@H]1O[C@H](COC(C)=O)[C@H](OC(C)=O)[C@H](N=[N+]=[N-])[C@H]1OC(C)=O. The number of carbonyl (C=O) groups excluding carboxylic acids is 6. The maximum Gasteiger partial charge on any atom is 0.306 e. The van der Waals surface area contributed by atoms with E-state index in [1.165, 1.54) is 85.2 Å². The van der Waals surface area contributed by atoms with Crippen LogP contribution in [0, 0.1) is 0 Å². The monoisotopic (exact) mass is 856 g/mol. The molecule has 0 bridgehead atoms. The second-order valence-electron chi connectivity index (χ2n) is 15.3. The van der Waals surface area contributed by atoms with Crippen molar-refractivity contribution in [3.8, 4) is 0 Å². The molecule has 0 spiro atoms. The second kappa shape index (κ2) is 29.3. The van der Waals surface area contributed by atoms with E-state index in [-0.39, 0.29) is 6.42 Å². The molecule has 1 N–H and O–H groups in total. The fourth-order valence-electron chi connectivity index (χ4n) is 7.32. The zero-order chi connectivity index (χ0) is 44.5. The van der Waals surface area contributed by atoms with Gasteiger partial charge in [-0.3, -0.25) is 28.8 Å². The molecule has 10 atom stereocenters. The second-order valence-corrected chi connectivity index (χ2v) is 15.3. The Balaban J connectivity index is 2.30. The van der Waals surface area contributed by atoms with Crippen molar-refractivity contribution in [3.05, 3.63) is 10.4 Å². The summed E-state index contributed by atoms with van der Waals surface area (Å²) in [5, 5.41) is 6.45. The Morgan fingerprint density at radius 3 is 1.52 bits per heavy atom. The number of hydrogen-bond donors (Lipinski definition) is 1. The number of azide groups is 1. The van der Waals surface area contributed by atoms with Crippen molar-refractivity contribution >= 4 is 35.8 Å². The van der Waals surface area contributed by atoms with Gasteiger partial charge in [-0.1, -0.05) is 102 Å². The molecule has 2 saturated heterocycles. The highest BCUT2D eigenvalue weighted by atomic mass is 16.8. The Morgan fingerprint density at radius 2 is 1.07 bits per heavy atom. The Morgan fingerprint density at radius 1 is 0.600 bits per heavy atom. The molecule has 2 aliphatic heterocycles. The predicted molar refractivity (Wildman–Crippen MR) is 214 cm³/mol. The number of carbonyl (C=O) groups is 6. The summed E-state index contributed by atoms with van der Waals surface area (Å²) in [6, 6.07) is -2.69. The molecule has 0 radical (unpaired) electrons. The highest BCUT2D eigenvalue weighted by Gasteiger charge is 2.56. The standard InChI is InChI=1S/C41H68N4O15/c1-8-9-10-11-12-13-14-15-16-17-18-19-20-21-22-23-33(51)59-38-35(43-26(2)46)40(52-7)57-32(25-54-28(4)48)37(38)60-41-39(56-30(6)50)34(44-45-42)36(55-29(5)49)31(58-41)24-53-27(3)47/h31-32,34-41H,8-25H2,1-7H3,(H,43,46)/t31-,32-,34+,35-,36+,37-,38-,39-,40-,41+/m1/s1. The van der Waals surface area contributed by atoms with E-state index in [1.807, 2.05) is 0 Å². The number of hydrogen-bond acceptors (Lipinski definition) is 16. The number of methoxy groups -OCH3 is 1. The van der Waals surface area contributed by atoms with Crippen LogP contribution in [0.25, 0.3) is 10.4 Å². The highest BCUT2D eigenvalue weighted by molar-refractivity contribution is 5.74. The van der Waals surface area contributed by atoms with Crippen molar-refractivity contribution in [1.29, 1.82) is 0 Å². The quantitative estimate of drug-likeness (QED) is 0.0243. The minimum atomic E-state index is -1.71. The van der Waals surface area contributed by atoms with Gasteiger partial charge in [0.1, 0.15) is 49.7 Å². The number of nitrogens with one attached hydrogen (secondary N) is 1. The number of rotatable bonds is 28. The molecule has 60 heavy (non-hydrogen) atoms. The number of nitrogens with zero attached hydrogens (tertiary/aromatic N) is 3. The number of unbranched alkanes of at least 4 members (excludes halogenated alkanes) is 14. The molecular formula is C41H68N4O15. The van der Waals surface area contributed by atoms with Gasteiger partial charge in [-0.05, 0) is 12.0 Å². The first kappa shape index (κ1) is 52.1. The average Bonchev–Trinajstić information content (AvgIpc) is 3.17. The smallest absolute Gasteiger partial charge is 0.306 e. The van der Waals surface area contributed by atoms with Crippen LogP contribution in [0.3, 0.4) is 0 Å². The van der Waals surface area contributed by atoms with Crippen molar-refractivity contribution in [1.82, 2.24) is 5.32 Å². The third-order valence-electron chi connectivity index (χ3n) is 10.1. The lowest BCUT2D eigenvalue weighted by molar-refractivity contribution is -0.337. The first-order chi connectivity index (χ1) is 28.7. The molecule has 2 aliphatic rings. The number of amides is 1. The topological polar surface area (TPSA) is 246 Å². The maximum atomic E-state index is 13.6. The maximum absolute atomic E-state index is 13.6. The number of ether oxygens (including phenoxy) is 9. The largest absolute Gasteiger partial charge is 0.463 e. The Kier molecular flexibility index (Phi) is 25.4. The Labute approximate surface area is 353 Å². The molecule has 0 aromatic rings. The van der Waals surface area contributed by atoms with Gasteiger partial charge < -0.3 is 47.9 Å². The zero-order valence-electron chi connectivity index (χ0n) is 36.5. The molecule has 2 heterocycles. The molecule has 2 rings (SSSR count). The fraction of sp³-hybridized carbons (Fsp3) is 0.854. The van der Waals surface area contributed by atoms with Crippen molar-refractivity contribution in [2.24, 2.45) is 5.11 Å². The van der Waals surface area contributed by atoms with Gasteiger partial charge in [0, 0.05) is 53.1 Å². The number of esters is 5. The summed E-state index contributed by atoms with van der Waals surface area (Å²) in [6.45, 7) is 6.95. The van der Waals surface area contributed by atoms with Crippen molar-refractivity contribution in [2.75, 3.05) is 20.3 Å². The van der Waals surface area contributed by atoms with Crippen molar-refractivity contribution < 1.29 is 71.4 Å². The van der Waals surface area contributed by atoms with Gasteiger partial charge >= 0.3 is 29.8 Å². The Bertz CT molecular complexity index is 1400. The zero-order valence-corrected chi connectivity index (χ0v) is 36.5. The van der Waals surface area contributed by atoms with Gasteiger partial charge in [0.25, 0.3) is 0 Å². The summed E-state index contributed by atoms with van der Waals surface area (Å²) in [5.74, 6) is -4.24. The average molecular weight is 857 g/mol. The molecule has 0 aromatic heterocycles. The molecule has 1 amide bonds. The van der Waals surface area contributed by atoms with Crippen LogP contribution in [0.15, 0.2) is 5.11 Å². The molecule has 0 aromatic carbocycles. The minimum absolute atomic E-state index is 0.0326. The lowest BCUT2D eigenvalue weighted by Gasteiger charge is -2.48. The molecule has 0 aliphatic carbocycles. The van der Waals surface area contributed by atoms with E-state index in [2.05, 4.69) is 22.3 Å². The lowest BCUT2D eigenvalue weighted by atomic mass is 9.94. The lowest BCUT2D eigenvalue weighted by Crippen LogP contribution is -2.68. The van der Waals surface area contributed by atoms with Crippen LogP contribution >= 0.6 is 0 Å². The van der Waals surface area contributed by atoms with Crippen LogP contribution in [0.4, 0.5) is 0 Å². The summed E-state index contributed by atoms with van der Waals surface area (Å²) in [4.78, 5) is 77.4. The van der Waals surface area contributed by atoms with Crippen molar-refractivity contribution in [2.45, 2.75) is 206 Å². The summed E-state index contributed by atoms with van der Waals surface area (Å²) in [7, 11) is 1.30. The van der Waals surface area contributed by atoms with E-state index in [1.54, 1.807) is 0 Å². The van der Waals surface area contributed by atoms with E-state index in [0.29, 0.717) is 6.42 Å². The van der Waals surface area contributed by atoms with E-state index in [9.17, 15) is 34.3 Å². The van der Waals surface area contributed by atoms with Crippen molar-refractivity contribution in [3.63, 3.8) is 0 Å². The van der Waals surface area contributed by atoms with E-state index < -0.39 is 110 Å². The minimum Gasteiger partial charge on any atom is -0.463 e. The summed E-state index contributed by atoms with van der Waals surface area (Å²) in [6.07, 6.45) is 5.90. The van der Waals surface area contributed by atoms with Gasteiger partial charge in [0.15, 0.2) is 24.8 Å². The Hall–Kier alpha value is -4.03. The van der Waals surface area contributed by atoms with Gasteiger partial charge in [-0.15, -0.1) is 0 Å². The first-order valence-electron chi connectivity index (χ1n) is 21.3. The van der Waals surface area contributed by atoms with Gasteiger partial charge in [0.05, 0.1) is 0 Å². The first-order valence-corrected chi connectivity index (χ1v) is 21.3. The highest BCUT2D eigenvalue weighted by Crippen LogP contribution is 2.35. The molecule has 2 fully saturated rings. The van der Waals surface area contributed by atoms with Gasteiger partial charge in [0.2, 0.25) is 5.91 Å². The molecular weight excluding hydrogens is 788 g/mol. The fourth-order valence-corrected chi connectivity index (χ4v) is 7.32. The van der Waals surface area contributed by atoms with Gasteiger partial charge in [-0.2, -0.15) is 0 Å². The predicted octanol–water partition coefficient (Wildman–Crippen LogP) is 5.81. The van der Waals surface area contributed by atoms with E-state index in [0.717, 1.165) is 46.5 Å². The van der Waals surface area contributed by atoms with Gasteiger partial charge in [-0.25, -0.2) is 0 Å². The third kappa shape index (κ3) is 19.6. The van der Waals surface area contributed by atoms with Crippen LogP contribution in [0.1, 0.15) is 144 Å². The normalized spacial score (nSPS) is 26.2. The summed E-state index contributed by atoms with van der Waals surface area (Å²) < 4.78 is 51.7. The molecule has 19 nitrogen and oxygen atoms in total. The van der Waals surface area contributed by atoms with Crippen LogP contribution in [-0.2, 0) is 71.4 Å². The summed E-state index contributed by atoms with van der Waals surface area (Å²) >= 11 is 0. The molecule has 0 saturated carbocycles.